The third-order valence-electron chi connectivity index (χ3n) is 4.35. The molecule has 0 bridgehead atoms. The van der Waals surface area contributed by atoms with Crippen LogP contribution in [-0.4, -0.2) is 35.9 Å². The fourth-order valence-electron chi connectivity index (χ4n) is 2.90. The predicted octanol–water partition coefficient (Wildman–Crippen LogP) is 5.30. The molecule has 0 N–H and O–H groups in total. The lowest BCUT2D eigenvalue weighted by atomic mass is 10.1. The van der Waals surface area contributed by atoms with Crippen LogP contribution in [0.25, 0.3) is 6.08 Å². The zero-order chi connectivity index (χ0) is 20.1. The average molecular weight is 478 g/mol. The number of thiocarbonyl (C=S) groups is 1. The van der Waals surface area contributed by atoms with Crippen molar-refractivity contribution in [3.63, 3.8) is 0 Å². The van der Waals surface area contributed by atoms with Crippen LogP contribution in [0.5, 0.6) is 11.5 Å². The zero-order valence-corrected chi connectivity index (χ0v) is 18.8. The third-order valence-corrected chi connectivity index (χ3v) is 6.42. The number of carbonyl (C=O) groups is 1. The fraction of sp³-hybridized carbons (Fsp3) is 0.238. The second-order valence-corrected chi connectivity index (χ2v) is 8.68. The van der Waals surface area contributed by atoms with Crippen molar-refractivity contribution in [3.8, 4) is 11.5 Å². The van der Waals surface area contributed by atoms with E-state index in [4.69, 9.17) is 21.7 Å². The molecule has 2 aromatic carbocycles. The van der Waals surface area contributed by atoms with Crippen molar-refractivity contribution < 1.29 is 14.3 Å². The van der Waals surface area contributed by atoms with Gasteiger partial charge in [-0.3, -0.25) is 9.69 Å². The van der Waals surface area contributed by atoms with Crippen LogP contribution >= 0.6 is 39.9 Å². The van der Waals surface area contributed by atoms with E-state index in [1.807, 2.05) is 36.4 Å². The van der Waals surface area contributed by atoms with E-state index in [-0.39, 0.29) is 5.91 Å². The van der Waals surface area contributed by atoms with Crippen LogP contribution in [-0.2, 0) is 11.2 Å². The Morgan fingerprint density at radius 3 is 2.50 bits per heavy atom. The highest BCUT2D eigenvalue weighted by Gasteiger charge is 2.31. The van der Waals surface area contributed by atoms with Crippen LogP contribution in [0.4, 0.5) is 0 Å². The van der Waals surface area contributed by atoms with Crippen LogP contribution in [0.15, 0.2) is 51.8 Å². The molecule has 1 saturated heterocycles. The number of nitrogens with zero attached hydrogens (tertiary/aromatic N) is 1. The van der Waals surface area contributed by atoms with Gasteiger partial charge in [0.15, 0.2) is 11.5 Å². The number of amides is 1. The van der Waals surface area contributed by atoms with Gasteiger partial charge >= 0.3 is 0 Å². The first-order valence-electron chi connectivity index (χ1n) is 8.74. The van der Waals surface area contributed by atoms with Gasteiger partial charge in [0.25, 0.3) is 5.91 Å². The molecule has 0 atom stereocenters. The molecule has 4 nitrogen and oxygen atoms in total. The molecule has 1 aliphatic rings. The van der Waals surface area contributed by atoms with Crippen molar-refractivity contribution in [1.29, 1.82) is 0 Å². The number of hydrogen-bond acceptors (Lipinski definition) is 5. The molecule has 1 heterocycles. The van der Waals surface area contributed by atoms with Crippen LogP contribution in [0.3, 0.4) is 0 Å². The third kappa shape index (κ3) is 4.77. The highest BCUT2D eigenvalue weighted by Crippen LogP contribution is 2.38. The van der Waals surface area contributed by atoms with Crippen LogP contribution in [0.2, 0.25) is 0 Å². The Balaban J connectivity index is 1.72. The Morgan fingerprint density at radius 2 is 1.82 bits per heavy atom. The van der Waals surface area contributed by atoms with Crippen LogP contribution < -0.4 is 9.47 Å². The minimum atomic E-state index is -0.0512. The maximum Gasteiger partial charge on any atom is 0.266 e. The van der Waals surface area contributed by atoms with E-state index < -0.39 is 0 Å². The Morgan fingerprint density at radius 1 is 1.14 bits per heavy atom. The molecule has 28 heavy (non-hydrogen) atoms. The molecule has 0 spiro atoms. The van der Waals surface area contributed by atoms with Crippen LogP contribution in [0.1, 0.15) is 17.5 Å². The van der Waals surface area contributed by atoms with Crippen molar-refractivity contribution in [2.45, 2.75) is 12.8 Å². The predicted molar refractivity (Wildman–Crippen MR) is 122 cm³/mol. The summed E-state index contributed by atoms with van der Waals surface area (Å²) < 4.78 is 12.1. The Hall–Kier alpha value is -1.83. The molecule has 1 amide bonds. The van der Waals surface area contributed by atoms with Gasteiger partial charge in [-0.05, 0) is 42.2 Å². The maximum absolute atomic E-state index is 12.8. The molecule has 2 aromatic rings. The van der Waals surface area contributed by atoms with Crippen molar-refractivity contribution in [2.24, 2.45) is 0 Å². The minimum Gasteiger partial charge on any atom is -0.493 e. The highest BCUT2D eigenvalue weighted by atomic mass is 79.9. The summed E-state index contributed by atoms with van der Waals surface area (Å²) in [4.78, 5) is 15.1. The average Bonchev–Trinajstić information content (AvgIpc) is 2.97. The van der Waals surface area contributed by atoms with Gasteiger partial charge in [-0.2, -0.15) is 0 Å². The van der Waals surface area contributed by atoms with Gasteiger partial charge in [-0.25, -0.2) is 0 Å². The van der Waals surface area contributed by atoms with E-state index in [0.29, 0.717) is 27.3 Å². The molecule has 0 radical (unpaired) electrons. The number of aryl methyl sites for hydroxylation is 1. The summed E-state index contributed by atoms with van der Waals surface area (Å²) in [6, 6.07) is 13.9. The second-order valence-electron chi connectivity index (χ2n) is 6.15. The first kappa shape index (κ1) is 20.9. The topological polar surface area (TPSA) is 38.8 Å². The lowest BCUT2D eigenvalue weighted by Gasteiger charge is -2.14. The van der Waals surface area contributed by atoms with E-state index in [9.17, 15) is 4.79 Å². The summed E-state index contributed by atoms with van der Waals surface area (Å²) in [6.45, 7) is 0.615. The zero-order valence-electron chi connectivity index (χ0n) is 15.6. The molecule has 146 valence electrons. The number of carbonyl (C=O) groups excluding carboxylic acids is 1. The van der Waals surface area contributed by atoms with Crippen LogP contribution in [0, 0.1) is 0 Å². The summed E-state index contributed by atoms with van der Waals surface area (Å²) in [5.41, 5.74) is 2.10. The fourth-order valence-corrected chi connectivity index (χ4v) is 4.64. The number of rotatable bonds is 7. The Labute approximate surface area is 183 Å². The maximum atomic E-state index is 12.8. The number of thioether (sulfide) groups is 1. The van der Waals surface area contributed by atoms with Gasteiger partial charge in [0.05, 0.1) is 19.1 Å². The molecule has 3 rings (SSSR count). The molecule has 1 fully saturated rings. The standard InChI is InChI=1S/C21H20BrNO3S2/c1-25-17-11-15(16(22)13-18(17)26-2)12-19-20(24)23(21(27)28-19)10-6-9-14-7-4-3-5-8-14/h3-5,7-8,11-13H,6,9-10H2,1-2H3/b19-12-. The van der Waals surface area contributed by atoms with E-state index in [1.54, 1.807) is 19.1 Å². The lowest BCUT2D eigenvalue weighted by Crippen LogP contribution is -2.29. The summed E-state index contributed by atoms with van der Waals surface area (Å²) >= 11 is 10.3. The Kier molecular flexibility index (Phi) is 7.15. The molecule has 7 heteroatoms. The molecular weight excluding hydrogens is 458 g/mol. The molecular formula is C21H20BrNO3S2. The van der Waals surface area contributed by atoms with Crippen molar-refractivity contribution in [1.82, 2.24) is 4.90 Å². The highest BCUT2D eigenvalue weighted by molar-refractivity contribution is 9.10. The number of methoxy groups -OCH3 is 2. The van der Waals surface area contributed by atoms with Crippen molar-refractivity contribution in [2.75, 3.05) is 20.8 Å². The quantitative estimate of drug-likeness (QED) is 0.399. The van der Waals surface area contributed by atoms with Crippen molar-refractivity contribution in [3.05, 3.63) is 63.0 Å². The van der Waals surface area contributed by atoms with Gasteiger partial charge in [-0.15, -0.1) is 0 Å². The normalized spacial score (nSPS) is 15.4. The van der Waals surface area contributed by atoms with E-state index in [1.165, 1.54) is 17.3 Å². The number of ether oxygens (including phenoxy) is 2. The summed E-state index contributed by atoms with van der Waals surface area (Å²) in [6.07, 6.45) is 3.62. The van der Waals surface area contributed by atoms with Crippen molar-refractivity contribution >= 4 is 56.2 Å². The Bertz CT molecular complexity index is 915. The van der Waals surface area contributed by atoms with Gasteiger partial charge in [0, 0.05) is 11.0 Å². The summed E-state index contributed by atoms with van der Waals surface area (Å²) in [5.74, 6) is 1.18. The number of halogens is 1. The first-order valence-corrected chi connectivity index (χ1v) is 10.8. The molecule has 0 aromatic heterocycles. The number of hydrogen-bond donors (Lipinski definition) is 0. The van der Waals surface area contributed by atoms with Gasteiger partial charge in [-0.1, -0.05) is 70.2 Å². The summed E-state index contributed by atoms with van der Waals surface area (Å²) in [7, 11) is 3.17. The van der Waals surface area contributed by atoms with Gasteiger partial charge in [0.2, 0.25) is 0 Å². The lowest BCUT2D eigenvalue weighted by molar-refractivity contribution is -0.122. The van der Waals surface area contributed by atoms with Gasteiger partial charge in [0.1, 0.15) is 4.32 Å². The molecule has 1 aliphatic heterocycles. The van der Waals surface area contributed by atoms with E-state index >= 15 is 0 Å². The second kappa shape index (κ2) is 9.58. The summed E-state index contributed by atoms with van der Waals surface area (Å²) in [5, 5.41) is 0. The smallest absolute Gasteiger partial charge is 0.266 e. The molecule has 0 saturated carbocycles. The molecule has 0 unspecified atom stereocenters. The minimum absolute atomic E-state index is 0.0512. The SMILES string of the molecule is COc1cc(Br)c(/C=C2\SC(=S)N(CCCc3ccccc3)C2=O)cc1OC. The van der Waals surface area contributed by atoms with Gasteiger partial charge < -0.3 is 9.47 Å². The first-order chi connectivity index (χ1) is 13.5. The van der Waals surface area contributed by atoms with E-state index in [2.05, 4.69) is 28.1 Å². The largest absolute Gasteiger partial charge is 0.493 e. The monoisotopic (exact) mass is 477 g/mol. The number of benzene rings is 2. The van der Waals surface area contributed by atoms with E-state index in [0.717, 1.165) is 22.9 Å². The molecule has 0 aliphatic carbocycles.